The van der Waals surface area contributed by atoms with E-state index in [1.54, 1.807) is 23.5 Å². The molecule has 1 aliphatic heterocycles. The van der Waals surface area contributed by atoms with E-state index < -0.39 is 9.84 Å². The summed E-state index contributed by atoms with van der Waals surface area (Å²) in [6.45, 7) is 0. The van der Waals surface area contributed by atoms with E-state index >= 15 is 0 Å². The number of sulfone groups is 1. The minimum Gasteiger partial charge on any atom is -0.309 e. The largest absolute Gasteiger partial charge is 0.309 e. The van der Waals surface area contributed by atoms with Crippen LogP contribution in [-0.4, -0.2) is 17.4 Å². The Bertz CT molecular complexity index is 4470. The first-order valence-corrected chi connectivity index (χ1v) is 25.9. The van der Waals surface area contributed by atoms with Crippen LogP contribution in [0.25, 0.3) is 132 Å². The van der Waals surface area contributed by atoms with Crippen LogP contribution in [0.5, 0.6) is 0 Å². The van der Waals surface area contributed by atoms with Gasteiger partial charge in [0.2, 0.25) is 9.84 Å². The van der Waals surface area contributed by atoms with Gasteiger partial charge in [-0.1, -0.05) is 140 Å². The van der Waals surface area contributed by atoms with Crippen molar-refractivity contribution in [2.75, 3.05) is 0 Å². The van der Waals surface area contributed by atoms with Crippen LogP contribution in [0.1, 0.15) is 0 Å². The van der Waals surface area contributed by atoms with Crippen LogP contribution in [0.3, 0.4) is 0 Å². The van der Waals surface area contributed by atoms with Crippen molar-refractivity contribution in [1.29, 1.82) is 0 Å². The van der Waals surface area contributed by atoms with Crippen molar-refractivity contribution in [3.8, 4) is 72.4 Å². The molecule has 0 fully saturated rings. The summed E-state index contributed by atoms with van der Waals surface area (Å²) in [5, 5.41) is 9.67. The van der Waals surface area contributed by atoms with Gasteiger partial charge in [0.25, 0.3) is 0 Å². The number of benzene rings is 10. The van der Waals surface area contributed by atoms with Crippen molar-refractivity contribution in [3.05, 3.63) is 230 Å². The van der Waals surface area contributed by atoms with Crippen molar-refractivity contribution >= 4 is 80.4 Å². The fourth-order valence-electron chi connectivity index (χ4n) is 11.4. The van der Waals surface area contributed by atoms with Gasteiger partial charge in [-0.25, -0.2) is 8.42 Å². The summed E-state index contributed by atoms with van der Waals surface area (Å²) in [6, 6.07) is 79.1. The van der Waals surface area contributed by atoms with Gasteiger partial charge in [0.15, 0.2) is 0 Å². The number of aromatic nitrogens is 2. The summed E-state index contributed by atoms with van der Waals surface area (Å²) in [5.74, 6) is 0. The second kappa shape index (κ2) is 14.7. The Morgan fingerprint density at radius 2 is 0.771 bits per heavy atom. The van der Waals surface area contributed by atoms with E-state index in [4.69, 9.17) is 0 Å². The Balaban J connectivity index is 0.779. The third kappa shape index (κ3) is 5.72. The molecule has 1 aliphatic rings. The van der Waals surface area contributed by atoms with Gasteiger partial charge in [0, 0.05) is 49.1 Å². The summed E-state index contributed by atoms with van der Waals surface area (Å²) >= 11 is 1.79. The summed E-state index contributed by atoms with van der Waals surface area (Å²) < 4.78 is 32.8. The van der Waals surface area contributed by atoms with Gasteiger partial charge >= 0.3 is 0 Å². The molecular formula is C64H38N2O2S2. The van der Waals surface area contributed by atoms with Crippen molar-refractivity contribution in [2.45, 2.75) is 9.79 Å². The van der Waals surface area contributed by atoms with Crippen LogP contribution < -0.4 is 0 Å². The lowest BCUT2D eigenvalue weighted by Gasteiger charge is -2.11. The average Bonchev–Trinajstić information content (AvgIpc) is 4.22. The number of hydrogen-bond acceptors (Lipinski definition) is 3. The SMILES string of the molecule is O=S1(=O)c2ccc(-c3ccc(-c4cc5c6ccccc6n6c7sccc7c(c4)c56)cc3)cc2-c2cc(-c3ccc(-n4c5ccc(-c6ccccc6)cc5c5cc(-c6ccccc6)ccc54)cc3)ccc21. The molecule has 0 radical (unpaired) electrons. The van der Waals surface area contributed by atoms with Gasteiger partial charge in [-0.3, -0.25) is 4.40 Å². The Labute approximate surface area is 407 Å². The van der Waals surface area contributed by atoms with E-state index in [1.807, 2.05) is 18.2 Å². The lowest BCUT2D eigenvalue weighted by atomic mass is 9.95. The second-order valence-corrected chi connectivity index (χ2v) is 21.3. The highest BCUT2D eigenvalue weighted by molar-refractivity contribution is 7.92. The standard InChI is InChI=1S/C64H38N2O2S2/c67-70(68)61-29-23-46(41-15-17-43(18-16-41)48-37-56-50-13-7-8-14-58(50)66-63(56)57(38-48)51-31-32-69-64(51)66)35-54(61)55-36-47(24-30-62(55)70)42-19-25-49(26-20-42)65-59-27-21-44(39-9-3-1-4-10-39)33-52(59)53-34-45(22-28-60(53)65)40-11-5-2-6-12-40/h1-38H. The number of fused-ring (bicyclic) bond motifs is 12. The van der Waals surface area contributed by atoms with Crippen LogP contribution in [-0.2, 0) is 9.84 Å². The van der Waals surface area contributed by atoms with Crippen LogP contribution in [0.15, 0.2) is 240 Å². The third-order valence-corrected chi connectivity index (χ3v) is 17.5. The Morgan fingerprint density at radius 3 is 1.36 bits per heavy atom. The third-order valence-electron chi connectivity index (χ3n) is 14.7. The number of rotatable bonds is 6. The minimum atomic E-state index is -3.68. The van der Waals surface area contributed by atoms with Crippen LogP contribution in [0.2, 0.25) is 0 Å². The monoisotopic (exact) mass is 930 g/mol. The first kappa shape index (κ1) is 39.4. The molecule has 14 aromatic rings. The Kier molecular flexibility index (Phi) is 8.30. The molecule has 5 heterocycles. The molecule has 10 aromatic carbocycles. The maximum Gasteiger partial charge on any atom is 0.207 e. The molecular weight excluding hydrogens is 893 g/mol. The number of para-hydroxylation sites is 1. The molecule has 0 saturated heterocycles. The fraction of sp³-hybridized carbons (Fsp3) is 0. The van der Waals surface area contributed by atoms with E-state index in [2.05, 4.69) is 208 Å². The van der Waals surface area contributed by atoms with Gasteiger partial charge in [0.05, 0.1) is 31.9 Å². The zero-order chi connectivity index (χ0) is 46.2. The van der Waals surface area contributed by atoms with Crippen molar-refractivity contribution in [1.82, 2.24) is 8.97 Å². The van der Waals surface area contributed by atoms with Crippen LogP contribution in [0.4, 0.5) is 0 Å². The highest BCUT2D eigenvalue weighted by Gasteiger charge is 2.33. The lowest BCUT2D eigenvalue weighted by molar-refractivity contribution is 0.598. The smallest absolute Gasteiger partial charge is 0.207 e. The fourth-order valence-corrected chi connectivity index (χ4v) is 13.9. The maximum atomic E-state index is 14.0. The molecule has 0 aliphatic carbocycles. The average molecular weight is 931 g/mol. The van der Waals surface area contributed by atoms with E-state index in [1.165, 1.54) is 76.0 Å². The van der Waals surface area contributed by atoms with Gasteiger partial charge < -0.3 is 4.57 Å². The Hall–Kier alpha value is -8.55. The summed E-state index contributed by atoms with van der Waals surface area (Å²) in [6.07, 6.45) is 0. The normalized spacial score (nSPS) is 13.1. The van der Waals surface area contributed by atoms with E-state index in [0.29, 0.717) is 9.79 Å². The zero-order valence-corrected chi connectivity index (χ0v) is 39.1. The molecule has 328 valence electrons. The highest BCUT2D eigenvalue weighted by atomic mass is 32.2. The van der Waals surface area contributed by atoms with Gasteiger partial charge in [-0.05, 0) is 146 Å². The topological polar surface area (TPSA) is 43.5 Å². The maximum absolute atomic E-state index is 14.0. The molecule has 0 atom stereocenters. The minimum absolute atomic E-state index is 0.351. The van der Waals surface area contributed by atoms with Gasteiger partial charge in [-0.2, -0.15) is 0 Å². The first-order valence-electron chi connectivity index (χ1n) is 23.5. The number of hydrogen-bond donors (Lipinski definition) is 0. The van der Waals surface area contributed by atoms with Crippen LogP contribution >= 0.6 is 11.3 Å². The number of nitrogens with zero attached hydrogens (tertiary/aromatic N) is 2. The molecule has 70 heavy (non-hydrogen) atoms. The van der Waals surface area contributed by atoms with Gasteiger partial charge in [-0.15, -0.1) is 11.3 Å². The predicted molar refractivity (Wildman–Crippen MR) is 291 cm³/mol. The Morgan fingerprint density at radius 1 is 0.329 bits per heavy atom. The molecule has 15 rings (SSSR count). The van der Waals surface area contributed by atoms with Crippen molar-refractivity contribution < 1.29 is 8.42 Å². The molecule has 4 aromatic heterocycles. The van der Waals surface area contributed by atoms with Crippen LogP contribution in [0, 0.1) is 0 Å². The van der Waals surface area contributed by atoms with Crippen molar-refractivity contribution in [3.63, 3.8) is 0 Å². The van der Waals surface area contributed by atoms with Crippen molar-refractivity contribution in [2.24, 2.45) is 0 Å². The van der Waals surface area contributed by atoms with E-state index in [9.17, 15) is 8.42 Å². The molecule has 0 saturated carbocycles. The molecule has 0 spiro atoms. The van der Waals surface area contributed by atoms with Gasteiger partial charge in [0.1, 0.15) is 4.83 Å². The molecule has 0 unspecified atom stereocenters. The molecule has 0 N–H and O–H groups in total. The first-order chi connectivity index (χ1) is 34.4. The predicted octanol–water partition coefficient (Wildman–Crippen LogP) is 17.1. The molecule has 4 nitrogen and oxygen atoms in total. The quantitative estimate of drug-likeness (QED) is 0.167. The summed E-state index contributed by atoms with van der Waals surface area (Å²) in [4.78, 5) is 1.99. The number of thiophene rings is 1. The lowest BCUT2D eigenvalue weighted by Crippen LogP contribution is -1.96. The van der Waals surface area contributed by atoms with E-state index in [0.717, 1.165) is 55.7 Å². The van der Waals surface area contributed by atoms with E-state index in [-0.39, 0.29) is 0 Å². The summed E-state index contributed by atoms with van der Waals surface area (Å²) in [5.41, 5.74) is 18.3. The molecule has 6 heteroatoms. The molecule has 0 amide bonds. The second-order valence-electron chi connectivity index (χ2n) is 18.5. The zero-order valence-electron chi connectivity index (χ0n) is 37.5. The molecule has 0 bridgehead atoms. The highest BCUT2D eigenvalue weighted by Crippen LogP contribution is 2.48. The summed E-state index contributed by atoms with van der Waals surface area (Å²) in [7, 11) is -3.68.